The number of amides is 1. The quantitative estimate of drug-likeness (QED) is 0.871. The first-order valence-corrected chi connectivity index (χ1v) is 6.30. The van der Waals surface area contributed by atoms with E-state index in [2.05, 4.69) is 10.6 Å². The van der Waals surface area contributed by atoms with Crippen LogP contribution in [0.15, 0.2) is 18.2 Å². The molecule has 18 heavy (non-hydrogen) atoms. The summed E-state index contributed by atoms with van der Waals surface area (Å²) in [6.07, 6.45) is 0.0217. The smallest absolute Gasteiger partial charge is 0.251 e. The third kappa shape index (κ3) is 2.66. The van der Waals surface area contributed by atoms with Crippen LogP contribution in [-0.4, -0.2) is 38.3 Å². The van der Waals surface area contributed by atoms with E-state index in [9.17, 15) is 4.79 Å². The number of halogens is 1. The monoisotopic (exact) mass is 268 g/mol. The number of methoxy groups -OCH3 is 1. The Morgan fingerprint density at radius 1 is 1.50 bits per heavy atom. The Bertz CT molecular complexity index is 451. The van der Waals surface area contributed by atoms with Gasteiger partial charge >= 0.3 is 0 Å². The minimum Gasteiger partial charge on any atom is -0.378 e. The van der Waals surface area contributed by atoms with Crippen molar-refractivity contribution in [2.45, 2.75) is 19.1 Å². The largest absolute Gasteiger partial charge is 0.378 e. The fourth-order valence-electron chi connectivity index (χ4n) is 2.15. The lowest BCUT2D eigenvalue weighted by molar-refractivity contribution is 0.0779. The number of rotatable bonds is 3. The minimum atomic E-state index is -0.106. The molecule has 0 saturated carbocycles. The predicted molar refractivity (Wildman–Crippen MR) is 71.1 cm³/mol. The third-order valence-corrected chi connectivity index (χ3v) is 3.70. The fraction of sp³-hybridized carbons (Fsp3) is 0.462. The fourth-order valence-corrected chi connectivity index (χ4v) is 2.32. The molecule has 1 saturated heterocycles. The van der Waals surface area contributed by atoms with Gasteiger partial charge in [-0.05, 0) is 24.6 Å². The average molecular weight is 269 g/mol. The second-order valence-corrected chi connectivity index (χ2v) is 4.83. The number of ether oxygens (including phenoxy) is 1. The molecule has 98 valence electrons. The molecule has 1 aliphatic rings. The summed E-state index contributed by atoms with van der Waals surface area (Å²) in [7, 11) is 1.65. The molecular weight excluding hydrogens is 252 g/mol. The van der Waals surface area contributed by atoms with Crippen LogP contribution in [0, 0.1) is 6.92 Å². The lowest BCUT2D eigenvalue weighted by atomic mass is 10.1. The van der Waals surface area contributed by atoms with Gasteiger partial charge in [0.15, 0.2) is 0 Å². The van der Waals surface area contributed by atoms with Crippen LogP contribution in [-0.2, 0) is 4.74 Å². The highest BCUT2D eigenvalue weighted by Gasteiger charge is 2.28. The molecule has 0 radical (unpaired) electrons. The molecule has 0 bridgehead atoms. The van der Waals surface area contributed by atoms with Crippen LogP contribution >= 0.6 is 11.6 Å². The third-order valence-electron chi connectivity index (χ3n) is 3.29. The van der Waals surface area contributed by atoms with Crippen molar-refractivity contribution in [2.75, 3.05) is 20.2 Å². The van der Waals surface area contributed by atoms with Crippen molar-refractivity contribution in [1.29, 1.82) is 0 Å². The van der Waals surface area contributed by atoms with Crippen LogP contribution in [0.4, 0.5) is 0 Å². The molecule has 0 aliphatic carbocycles. The average Bonchev–Trinajstić information content (AvgIpc) is 2.79. The highest BCUT2D eigenvalue weighted by molar-refractivity contribution is 6.31. The topological polar surface area (TPSA) is 50.4 Å². The van der Waals surface area contributed by atoms with E-state index >= 15 is 0 Å². The molecule has 2 atom stereocenters. The predicted octanol–water partition coefficient (Wildman–Crippen LogP) is 1.37. The van der Waals surface area contributed by atoms with E-state index in [-0.39, 0.29) is 18.1 Å². The molecule has 1 heterocycles. The van der Waals surface area contributed by atoms with Crippen LogP contribution in [0.1, 0.15) is 15.9 Å². The zero-order valence-corrected chi connectivity index (χ0v) is 11.3. The minimum absolute atomic E-state index is 0.000816. The first-order chi connectivity index (χ1) is 8.63. The Balaban J connectivity index is 2.10. The maximum Gasteiger partial charge on any atom is 0.251 e. The number of nitrogens with one attached hydrogen (secondary N) is 2. The number of hydrogen-bond donors (Lipinski definition) is 2. The molecule has 0 spiro atoms. The van der Waals surface area contributed by atoms with Crippen LogP contribution < -0.4 is 10.6 Å². The SMILES string of the molecule is CO[C@H]1CNCC1NC(=O)c1cccc(Cl)c1C. The van der Waals surface area contributed by atoms with Crippen LogP contribution in [0.5, 0.6) is 0 Å². The Morgan fingerprint density at radius 2 is 2.28 bits per heavy atom. The van der Waals surface area contributed by atoms with E-state index in [1.165, 1.54) is 0 Å². The van der Waals surface area contributed by atoms with Gasteiger partial charge < -0.3 is 15.4 Å². The van der Waals surface area contributed by atoms with Gasteiger partial charge in [0.25, 0.3) is 5.91 Å². The lowest BCUT2D eigenvalue weighted by Crippen LogP contribution is -2.43. The summed E-state index contributed by atoms with van der Waals surface area (Å²) in [6, 6.07) is 5.34. The molecule has 1 fully saturated rings. The molecule has 1 unspecified atom stereocenters. The van der Waals surface area contributed by atoms with Crippen molar-refractivity contribution in [1.82, 2.24) is 10.6 Å². The molecule has 2 rings (SSSR count). The Morgan fingerprint density at radius 3 is 3.00 bits per heavy atom. The van der Waals surface area contributed by atoms with E-state index in [1.54, 1.807) is 25.3 Å². The van der Waals surface area contributed by atoms with Gasteiger partial charge in [0.05, 0.1) is 12.1 Å². The Hall–Kier alpha value is -1.10. The first-order valence-electron chi connectivity index (χ1n) is 5.93. The second-order valence-electron chi connectivity index (χ2n) is 4.42. The van der Waals surface area contributed by atoms with E-state index in [4.69, 9.17) is 16.3 Å². The van der Waals surface area contributed by atoms with Crippen LogP contribution in [0.2, 0.25) is 5.02 Å². The number of hydrogen-bond acceptors (Lipinski definition) is 3. The summed E-state index contributed by atoms with van der Waals surface area (Å²) in [5.41, 5.74) is 1.42. The molecule has 1 aliphatic heterocycles. The van der Waals surface area contributed by atoms with E-state index in [1.807, 2.05) is 6.92 Å². The van der Waals surface area contributed by atoms with Crippen molar-refractivity contribution in [3.8, 4) is 0 Å². The molecular formula is C13H17ClN2O2. The summed E-state index contributed by atoms with van der Waals surface area (Å²) >= 11 is 6.01. The van der Waals surface area contributed by atoms with Gasteiger partial charge in [-0.25, -0.2) is 0 Å². The molecule has 1 amide bonds. The second kappa shape index (κ2) is 5.69. The van der Waals surface area contributed by atoms with Gasteiger partial charge in [-0.2, -0.15) is 0 Å². The standard InChI is InChI=1S/C13H17ClN2O2/c1-8-9(4-3-5-10(8)14)13(17)16-11-6-15-7-12(11)18-2/h3-5,11-12,15H,6-7H2,1-2H3,(H,16,17)/t11?,12-/m0/s1. The van der Waals surface area contributed by atoms with Gasteiger partial charge in [0.2, 0.25) is 0 Å². The van der Waals surface area contributed by atoms with E-state index in [0.29, 0.717) is 10.6 Å². The van der Waals surface area contributed by atoms with Gasteiger partial charge in [0.1, 0.15) is 0 Å². The van der Waals surface area contributed by atoms with Crippen molar-refractivity contribution < 1.29 is 9.53 Å². The summed E-state index contributed by atoms with van der Waals surface area (Å²) in [4.78, 5) is 12.2. The number of carbonyl (C=O) groups is 1. The molecule has 1 aromatic rings. The van der Waals surface area contributed by atoms with Crippen molar-refractivity contribution >= 4 is 17.5 Å². The van der Waals surface area contributed by atoms with E-state index < -0.39 is 0 Å². The first kappa shape index (κ1) is 13.3. The normalized spacial score (nSPS) is 23.1. The molecule has 2 N–H and O–H groups in total. The van der Waals surface area contributed by atoms with Crippen LogP contribution in [0.25, 0.3) is 0 Å². The van der Waals surface area contributed by atoms with Gasteiger partial charge in [0, 0.05) is 30.8 Å². The highest BCUT2D eigenvalue weighted by Crippen LogP contribution is 2.19. The zero-order valence-electron chi connectivity index (χ0n) is 10.5. The van der Waals surface area contributed by atoms with Crippen molar-refractivity contribution in [2.24, 2.45) is 0 Å². The van der Waals surface area contributed by atoms with Gasteiger partial charge in [-0.15, -0.1) is 0 Å². The van der Waals surface area contributed by atoms with E-state index in [0.717, 1.165) is 18.7 Å². The number of carbonyl (C=O) groups excluding carboxylic acids is 1. The summed E-state index contributed by atoms with van der Waals surface area (Å²) in [5, 5.41) is 6.78. The summed E-state index contributed by atoms with van der Waals surface area (Å²) in [5.74, 6) is -0.106. The zero-order chi connectivity index (χ0) is 13.1. The summed E-state index contributed by atoms with van der Waals surface area (Å²) < 4.78 is 5.31. The lowest BCUT2D eigenvalue weighted by Gasteiger charge is -2.19. The molecule has 4 nitrogen and oxygen atoms in total. The number of benzene rings is 1. The summed E-state index contributed by atoms with van der Waals surface area (Å²) in [6.45, 7) is 3.33. The van der Waals surface area contributed by atoms with Gasteiger partial charge in [-0.3, -0.25) is 4.79 Å². The molecule has 5 heteroatoms. The van der Waals surface area contributed by atoms with Crippen molar-refractivity contribution in [3.05, 3.63) is 34.3 Å². The maximum atomic E-state index is 12.2. The molecule has 1 aromatic carbocycles. The molecule has 0 aromatic heterocycles. The van der Waals surface area contributed by atoms with Gasteiger partial charge in [-0.1, -0.05) is 17.7 Å². The Labute approximate surface area is 112 Å². The highest BCUT2D eigenvalue weighted by atomic mass is 35.5. The Kier molecular flexibility index (Phi) is 4.22. The van der Waals surface area contributed by atoms with Crippen molar-refractivity contribution in [3.63, 3.8) is 0 Å². The van der Waals surface area contributed by atoms with Crippen LogP contribution in [0.3, 0.4) is 0 Å². The maximum absolute atomic E-state index is 12.2.